The molecule has 1 heterocycles. The molecule has 19 heavy (non-hydrogen) atoms. The van der Waals surface area contributed by atoms with Gasteiger partial charge < -0.3 is 5.32 Å². The van der Waals surface area contributed by atoms with E-state index < -0.39 is 29.5 Å². The fraction of sp³-hybridized carbons (Fsp3) is 0.333. The third kappa shape index (κ3) is 2.59. The highest BCUT2D eigenvalue weighted by Crippen LogP contribution is 2.33. The first-order valence-electron chi connectivity index (χ1n) is 5.58. The Kier molecular flexibility index (Phi) is 3.30. The van der Waals surface area contributed by atoms with Gasteiger partial charge in [-0.25, -0.2) is 4.39 Å². The molecule has 0 aliphatic carbocycles. The molecule has 1 aliphatic rings. The van der Waals surface area contributed by atoms with Crippen LogP contribution in [0.5, 0.6) is 0 Å². The Morgan fingerprint density at radius 3 is 2.58 bits per heavy atom. The maximum absolute atomic E-state index is 13.0. The summed E-state index contributed by atoms with van der Waals surface area (Å²) >= 11 is 0. The van der Waals surface area contributed by atoms with Gasteiger partial charge in [-0.3, -0.25) is 9.79 Å². The van der Waals surface area contributed by atoms with E-state index in [1.165, 1.54) is 0 Å². The lowest BCUT2D eigenvalue weighted by atomic mass is 10.1. The number of aliphatic imine (C=N–C) groups is 1. The number of amidine groups is 1. The molecule has 1 aliphatic heterocycles. The van der Waals surface area contributed by atoms with E-state index in [1.54, 1.807) is 6.92 Å². The quantitative estimate of drug-likeness (QED) is 0.827. The predicted molar refractivity (Wildman–Crippen MR) is 60.2 cm³/mol. The summed E-state index contributed by atoms with van der Waals surface area (Å²) in [6.45, 7) is 1.70. The van der Waals surface area contributed by atoms with E-state index in [-0.39, 0.29) is 11.4 Å². The van der Waals surface area contributed by atoms with Crippen molar-refractivity contribution in [2.75, 3.05) is 0 Å². The van der Waals surface area contributed by atoms with Crippen molar-refractivity contribution in [3.05, 3.63) is 35.1 Å². The summed E-state index contributed by atoms with van der Waals surface area (Å²) in [5, 5.41) is 2.29. The van der Waals surface area contributed by atoms with Crippen LogP contribution in [0.4, 0.5) is 17.6 Å². The van der Waals surface area contributed by atoms with Crippen molar-refractivity contribution in [1.29, 1.82) is 0 Å². The number of benzene rings is 1. The monoisotopic (exact) mass is 274 g/mol. The second-order valence-corrected chi connectivity index (χ2v) is 4.08. The molecule has 1 amide bonds. The fourth-order valence-corrected chi connectivity index (χ4v) is 1.82. The molecule has 0 spiro atoms. The van der Waals surface area contributed by atoms with E-state index in [1.807, 2.05) is 0 Å². The number of rotatable bonds is 2. The zero-order chi connectivity index (χ0) is 14.2. The molecule has 0 saturated carbocycles. The summed E-state index contributed by atoms with van der Waals surface area (Å²) in [6, 6.07) is 1.57. The zero-order valence-corrected chi connectivity index (χ0v) is 9.88. The third-order valence-electron chi connectivity index (χ3n) is 2.76. The van der Waals surface area contributed by atoms with Crippen LogP contribution in [0, 0.1) is 5.82 Å². The Morgan fingerprint density at radius 2 is 2.05 bits per heavy atom. The SMILES string of the molecule is CCC1N=C(c2ccc(F)cc2C(F)(F)F)NC1=O. The van der Waals surface area contributed by atoms with Gasteiger partial charge in [0, 0.05) is 5.56 Å². The van der Waals surface area contributed by atoms with E-state index in [0.717, 1.165) is 12.1 Å². The van der Waals surface area contributed by atoms with E-state index in [2.05, 4.69) is 10.3 Å². The van der Waals surface area contributed by atoms with Crippen LogP contribution in [0.3, 0.4) is 0 Å². The number of amides is 1. The van der Waals surface area contributed by atoms with Gasteiger partial charge in [0.15, 0.2) is 0 Å². The Balaban J connectivity index is 2.49. The topological polar surface area (TPSA) is 41.5 Å². The minimum absolute atomic E-state index is 0.163. The van der Waals surface area contributed by atoms with E-state index in [0.29, 0.717) is 12.5 Å². The van der Waals surface area contributed by atoms with Crippen LogP contribution >= 0.6 is 0 Å². The van der Waals surface area contributed by atoms with Gasteiger partial charge >= 0.3 is 6.18 Å². The van der Waals surface area contributed by atoms with Gasteiger partial charge in [-0.05, 0) is 24.6 Å². The molecule has 2 rings (SSSR count). The Hall–Kier alpha value is -1.92. The summed E-state index contributed by atoms with van der Waals surface area (Å²) in [5.41, 5.74) is -1.47. The maximum atomic E-state index is 13.0. The van der Waals surface area contributed by atoms with Gasteiger partial charge in [0.1, 0.15) is 17.7 Å². The van der Waals surface area contributed by atoms with Crippen LogP contribution in [-0.4, -0.2) is 17.8 Å². The summed E-state index contributed by atoms with van der Waals surface area (Å²) in [4.78, 5) is 15.3. The van der Waals surface area contributed by atoms with Crippen LogP contribution < -0.4 is 5.32 Å². The van der Waals surface area contributed by atoms with Crippen LogP contribution in [0.2, 0.25) is 0 Å². The van der Waals surface area contributed by atoms with Crippen molar-refractivity contribution < 1.29 is 22.4 Å². The van der Waals surface area contributed by atoms with E-state index in [9.17, 15) is 22.4 Å². The molecule has 0 radical (unpaired) electrons. The van der Waals surface area contributed by atoms with Crippen LogP contribution in [0.15, 0.2) is 23.2 Å². The van der Waals surface area contributed by atoms with Crippen molar-refractivity contribution in [2.24, 2.45) is 4.99 Å². The number of carbonyl (C=O) groups is 1. The highest BCUT2D eigenvalue weighted by molar-refractivity contribution is 6.14. The van der Waals surface area contributed by atoms with Crippen LogP contribution in [-0.2, 0) is 11.0 Å². The van der Waals surface area contributed by atoms with E-state index >= 15 is 0 Å². The summed E-state index contributed by atoms with van der Waals surface area (Å²) in [5.74, 6) is -1.60. The molecule has 1 aromatic rings. The molecule has 1 aromatic carbocycles. The highest BCUT2D eigenvalue weighted by Gasteiger charge is 2.37. The van der Waals surface area contributed by atoms with Gasteiger partial charge in [-0.1, -0.05) is 6.92 Å². The van der Waals surface area contributed by atoms with Crippen molar-refractivity contribution in [3.8, 4) is 0 Å². The predicted octanol–water partition coefficient (Wildman–Crippen LogP) is 2.50. The number of hydrogen-bond acceptors (Lipinski definition) is 2. The van der Waals surface area contributed by atoms with Gasteiger partial charge in [0.05, 0.1) is 5.56 Å². The molecule has 102 valence electrons. The molecule has 3 nitrogen and oxygen atoms in total. The molecule has 0 saturated heterocycles. The number of hydrogen-bond donors (Lipinski definition) is 1. The average molecular weight is 274 g/mol. The average Bonchev–Trinajstić information content (AvgIpc) is 2.69. The summed E-state index contributed by atoms with van der Waals surface area (Å²) in [6.07, 6.45) is -4.33. The Morgan fingerprint density at radius 1 is 1.37 bits per heavy atom. The lowest BCUT2D eigenvalue weighted by Gasteiger charge is -2.12. The molecular weight excluding hydrogens is 264 g/mol. The zero-order valence-electron chi connectivity index (χ0n) is 9.88. The normalized spacial score (nSPS) is 19.3. The van der Waals surface area contributed by atoms with Crippen LogP contribution in [0.1, 0.15) is 24.5 Å². The molecule has 1 N–H and O–H groups in total. The third-order valence-corrected chi connectivity index (χ3v) is 2.76. The second-order valence-electron chi connectivity index (χ2n) is 4.08. The number of carbonyl (C=O) groups excluding carboxylic acids is 1. The minimum atomic E-state index is -4.71. The fourth-order valence-electron chi connectivity index (χ4n) is 1.82. The molecule has 1 atom stereocenters. The standard InChI is InChI=1S/C12H10F4N2O/c1-2-9-11(19)18-10(17-9)7-4-3-6(13)5-8(7)12(14,15)16/h3-5,9H,2H2,1H3,(H,17,18,19). The first-order chi connectivity index (χ1) is 8.82. The van der Waals surface area contributed by atoms with Crippen LogP contribution in [0.25, 0.3) is 0 Å². The second kappa shape index (κ2) is 4.64. The van der Waals surface area contributed by atoms with E-state index in [4.69, 9.17) is 0 Å². The minimum Gasteiger partial charge on any atom is -0.309 e. The lowest BCUT2D eigenvalue weighted by Crippen LogP contribution is -2.30. The molecule has 0 aromatic heterocycles. The Bertz CT molecular complexity index is 551. The van der Waals surface area contributed by atoms with Gasteiger partial charge in [-0.2, -0.15) is 13.2 Å². The summed E-state index contributed by atoms with van der Waals surface area (Å²) < 4.78 is 51.4. The van der Waals surface area contributed by atoms with Crippen molar-refractivity contribution in [2.45, 2.75) is 25.6 Å². The van der Waals surface area contributed by atoms with Crippen molar-refractivity contribution >= 4 is 11.7 Å². The largest absolute Gasteiger partial charge is 0.417 e. The lowest BCUT2D eigenvalue weighted by molar-refractivity contribution is -0.138. The Labute approximate surface area is 106 Å². The van der Waals surface area contributed by atoms with Gasteiger partial charge in [0.25, 0.3) is 0 Å². The van der Waals surface area contributed by atoms with Crippen molar-refractivity contribution in [1.82, 2.24) is 5.32 Å². The first kappa shape index (κ1) is 13.5. The number of halogens is 4. The smallest absolute Gasteiger partial charge is 0.309 e. The molecule has 1 unspecified atom stereocenters. The molecular formula is C12H10F4N2O. The number of nitrogens with one attached hydrogen (secondary N) is 1. The maximum Gasteiger partial charge on any atom is 0.417 e. The first-order valence-corrected chi connectivity index (χ1v) is 5.58. The molecule has 7 heteroatoms. The van der Waals surface area contributed by atoms with Gasteiger partial charge in [0.2, 0.25) is 5.91 Å². The van der Waals surface area contributed by atoms with Gasteiger partial charge in [-0.15, -0.1) is 0 Å². The molecule has 0 fully saturated rings. The molecule has 0 bridgehead atoms. The highest BCUT2D eigenvalue weighted by atomic mass is 19.4. The van der Waals surface area contributed by atoms with Crippen molar-refractivity contribution in [3.63, 3.8) is 0 Å². The number of alkyl halides is 3. The number of nitrogens with zero attached hydrogens (tertiary/aromatic N) is 1. The summed E-state index contributed by atoms with van der Waals surface area (Å²) in [7, 11) is 0.